The Hall–Kier alpha value is -1.13. The van der Waals surface area contributed by atoms with E-state index in [1.54, 1.807) is 19.2 Å². The Kier molecular flexibility index (Phi) is 6.00. The van der Waals surface area contributed by atoms with Gasteiger partial charge in [0.2, 0.25) is 0 Å². The highest BCUT2D eigenvalue weighted by Gasteiger charge is 2.32. The zero-order chi connectivity index (χ0) is 15.2. The van der Waals surface area contributed by atoms with E-state index >= 15 is 0 Å². The van der Waals surface area contributed by atoms with Gasteiger partial charge in [0.1, 0.15) is 11.6 Å². The molecule has 1 unspecified atom stereocenters. The lowest BCUT2D eigenvalue weighted by Crippen LogP contribution is -2.35. The van der Waals surface area contributed by atoms with Crippen molar-refractivity contribution >= 4 is 0 Å². The predicted molar refractivity (Wildman–Crippen MR) is 82.1 cm³/mol. The monoisotopic (exact) mass is 295 g/mol. The van der Waals surface area contributed by atoms with Gasteiger partial charge in [0.15, 0.2) is 0 Å². The summed E-state index contributed by atoms with van der Waals surface area (Å²) < 4.78 is 24.6. The molecule has 1 aliphatic rings. The first kappa shape index (κ1) is 16.2. The van der Waals surface area contributed by atoms with Crippen LogP contribution in [-0.4, -0.2) is 26.4 Å². The van der Waals surface area contributed by atoms with Crippen LogP contribution in [0, 0.1) is 11.7 Å². The number of halogens is 1. The fraction of sp³-hybridized carbons (Fsp3) is 0.647. The minimum Gasteiger partial charge on any atom is -0.496 e. The maximum Gasteiger partial charge on any atom is 0.123 e. The minimum atomic E-state index is -0.213. The zero-order valence-corrected chi connectivity index (χ0v) is 13.2. The van der Waals surface area contributed by atoms with Crippen LogP contribution in [0.5, 0.6) is 5.75 Å². The van der Waals surface area contributed by atoms with Crippen LogP contribution in [0.15, 0.2) is 18.2 Å². The Morgan fingerprint density at radius 3 is 2.71 bits per heavy atom. The van der Waals surface area contributed by atoms with E-state index in [2.05, 4.69) is 12.2 Å². The summed E-state index contributed by atoms with van der Waals surface area (Å²) in [6, 6.07) is 4.87. The Morgan fingerprint density at radius 1 is 1.33 bits per heavy atom. The third kappa shape index (κ3) is 4.17. The highest BCUT2D eigenvalue weighted by Crippen LogP contribution is 2.39. The molecule has 21 heavy (non-hydrogen) atoms. The van der Waals surface area contributed by atoms with Crippen LogP contribution >= 0.6 is 0 Å². The maximum absolute atomic E-state index is 13.6. The highest BCUT2D eigenvalue weighted by atomic mass is 19.1. The molecule has 1 N–H and O–H groups in total. The van der Waals surface area contributed by atoms with Crippen molar-refractivity contribution in [2.24, 2.45) is 5.92 Å². The molecule has 1 saturated carbocycles. The van der Waals surface area contributed by atoms with Gasteiger partial charge in [-0.3, -0.25) is 0 Å². The van der Waals surface area contributed by atoms with Crippen molar-refractivity contribution in [1.82, 2.24) is 5.32 Å². The molecule has 1 aromatic rings. The molecule has 3 nitrogen and oxygen atoms in total. The first-order chi connectivity index (χ1) is 10.2. The van der Waals surface area contributed by atoms with Crippen LogP contribution < -0.4 is 10.1 Å². The molecule has 0 bridgehead atoms. The molecule has 0 aliphatic heterocycles. The molecular formula is C17H26FNO2. The van der Waals surface area contributed by atoms with E-state index in [0.717, 1.165) is 43.7 Å². The Bertz CT molecular complexity index is 446. The van der Waals surface area contributed by atoms with Crippen LogP contribution in [0.3, 0.4) is 0 Å². The van der Waals surface area contributed by atoms with Crippen molar-refractivity contribution in [3.05, 3.63) is 29.6 Å². The summed E-state index contributed by atoms with van der Waals surface area (Å²) in [7, 11) is 1.63. The molecular weight excluding hydrogens is 269 g/mol. The van der Waals surface area contributed by atoms with E-state index in [1.807, 2.05) is 6.92 Å². The normalized spacial score (nSPS) is 22.7. The molecule has 0 heterocycles. The SMILES string of the molecule is CCNC(CC1CC(OCC)C1)c1cc(F)ccc1OC. The molecule has 0 radical (unpaired) electrons. The smallest absolute Gasteiger partial charge is 0.123 e. The largest absolute Gasteiger partial charge is 0.496 e. The number of rotatable bonds is 8. The van der Waals surface area contributed by atoms with Gasteiger partial charge in [-0.15, -0.1) is 0 Å². The van der Waals surface area contributed by atoms with Crippen molar-refractivity contribution in [1.29, 1.82) is 0 Å². The van der Waals surface area contributed by atoms with E-state index in [4.69, 9.17) is 9.47 Å². The van der Waals surface area contributed by atoms with Gasteiger partial charge in [0.25, 0.3) is 0 Å². The van der Waals surface area contributed by atoms with E-state index in [1.165, 1.54) is 6.07 Å². The molecule has 1 atom stereocenters. The highest BCUT2D eigenvalue weighted by molar-refractivity contribution is 5.36. The van der Waals surface area contributed by atoms with E-state index in [-0.39, 0.29) is 11.9 Å². The standard InChI is InChI=1S/C17H26FNO2/c1-4-19-16(10-12-8-14(9-12)21-5-2)15-11-13(18)6-7-17(15)20-3/h6-7,11-12,14,16,19H,4-5,8-10H2,1-3H3. The number of benzene rings is 1. The Labute approximate surface area is 126 Å². The fourth-order valence-corrected chi connectivity index (χ4v) is 3.12. The van der Waals surface area contributed by atoms with Crippen LogP contribution in [0.25, 0.3) is 0 Å². The van der Waals surface area contributed by atoms with Gasteiger partial charge in [0.05, 0.1) is 13.2 Å². The lowest BCUT2D eigenvalue weighted by molar-refractivity contribution is -0.0291. The zero-order valence-electron chi connectivity index (χ0n) is 13.2. The number of methoxy groups -OCH3 is 1. The minimum absolute atomic E-state index is 0.133. The van der Waals surface area contributed by atoms with Gasteiger partial charge in [-0.2, -0.15) is 0 Å². The first-order valence-corrected chi connectivity index (χ1v) is 7.86. The predicted octanol–water partition coefficient (Wildman–Crippen LogP) is 3.69. The molecule has 0 saturated heterocycles. The van der Waals surface area contributed by atoms with E-state index in [9.17, 15) is 4.39 Å². The lowest BCUT2D eigenvalue weighted by atomic mass is 9.77. The maximum atomic E-state index is 13.6. The summed E-state index contributed by atoms with van der Waals surface area (Å²) in [5.41, 5.74) is 0.916. The first-order valence-electron chi connectivity index (χ1n) is 7.86. The lowest BCUT2D eigenvalue weighted by Gasteiger charge is -2.37. The summed E-state index contributed by atoms with van der Waals surface area (Å²) in [5.74, 6) is 1.18. The van der Waals surface area contributed by atoms with Crippen LogP contribution in [0.1, 0.15) is 44.7 Å². The average Bonchev–Trinajstić information content (AvgIpc) is 2.44. The molecule has 0 spiro atoms. The fourth-order valence-electron chi connectivity index (χ4n) is 3.12. The topological polar surface area (TPSA) is 30.5 Å². The number of nitrogens with one attached hydrogen (secondary N) is 1. The third-order valence-electron chi connectivity index (χ3n) is 4.18. The van der Waals surface area contributed by atoms with Gasteiger partial charge in [-0.1, -0.05) is 6.92 Å². The molecule has 2 rings (SSSR count). The second kappa shape index (κ2) is 7.76. The van der Waals surface area contributed by atoms with E-state index in [0.29, 0.717) is 12.0 Å². The average molecular weight is 295 g/mol. The molecule has 0 amide bonds. The van der Waals surface area contributed by atoms with Crippen molar-refractivity contribution in [3.8, 4) is 5.75 Å². The van der Waals surface area contributed by atoms with Crippen LogP contribution in [-0.2, 0) is 4.74 Å². The second-order valence-corrected chi connectivity index (χ2v) is 5.65. The Morgan fingerprint density at radius 2 is 2.10 bits per heavy atom. The second-order valence-electron chi connectivity index (χ2n) is 5.65. The third-order valence-corrected chi connectivity index (χ3v) is 4.18. The van der Waals surface area contributed by atoms with Gasteiger partial charge < -0.3 is 14.8 Å². The van der Waals surface area contributed by atoms with Gasteiger partial charge in [0, 0.05) is 18.2 Å². The molecule has 1 fully saturated rings. The van der Waals surface area contributed by atoms with Gasteiger partial charge in [-0.05, 0) is 56.8 Å². The Balaban J connectivity index is 2.04. The summed E-state index contributed by atoms with van der Waals surface area (Å²) >= 11 is 0. The number of hydrogen-bond donors (Lipinski definition) is 1. The van der Waals surface area contributed by atoms with Crippen molar-refractivity contribution < 1.29 is 13.9 Å². The van der Waals surface area contributed by atoms with E-state index < -0.39 is 0 Å². The molecule has 1 aliphatic carbocycles. The molecule has 118 valence electrons. The van der Waals surface area contributed by atoms with Crippen molar-refractivity contribution in [2.45, 2.75) is 45.3 Å². The molecule has 0 aromatic heterocycles. The summed E-state index contributed by atoms with van der Waals surface area (Å²) in [6.45, 7) is 5.74. The summed E-state index contributed by atoms with van der Waals surface area (Å²) in [5, 5.41) is 3.46. The number of ether oxygens (including phenoxy) is 2. The summed E-state index contributed by atoms with van der Waals surface area (Å²) in [4.78, 5) is 0. The van der Waals surface area contributed by atoms with Crippen molar-refractivity contribution in [3.63, 3.8) is 0 Å². The quantitative estimate of drug-likeness (QED) is 0.793. The van der Waals surface area contributed by atoms with Crippen LogP contribution in [0.2, 0.25) is 0 Å². The summed E-state index contributed by atoms with van der Waals surface area (Å²) in [6.07, 6.45) is 3.62. The van der Waals surface area contributed by atoms with Gasteiger partial charge in [-0.25, -0.2) is 4.39 Å². The molecule has 1 aromatic carbocycles. The van der Waals surface area contributed by atoms with Gasteiger partial charge >= 0.3 is 0 Å². The number of hydrogen-bond acceptors (Lipinski definition) is 3. The molecule has 4 heteroatoms. The van der Waals surface area contributed by atoms with Crippen LogP contribution in [0.4, 0.5) is 4.39 Å². The van der Waals surface area contributed by atoms with Crippen molar-refractivity contribution in [2.75, 3.05) is 20.3 Å².